The zero-order valence-corrected chi connectivity index (χ0v) is 32.5. The van der Waals surface area contributed by atoms with E-state index in [4.69, 9.17) is 54.3 Å². The third-order valence-corrected chi connectivity index (χ3v) is 7.87. The maximum atomic E-state index is 13.3. The number of esters is 1. The van der Waals surface area contributed by atoms with Gasteiger partial charge in [-0.3, -0.25) is 24.0 Å². The number of benzene rings is 1. The molecule has 16 nitrogen and oxygen atoms in total. The van der Waals surface area contributed by atoms with E-state index in [9.17, 15) is 24.0 Å². The highest BCUT2D eigenvalue weighted by atomic mass is 35.5. The van der Waals surface area contributed by atoms with E-state index < -0.39 is 17.4 Å². The van der Waals surface area contributed by atoms with Crippen LogP contribution in [0.1, 0.15) is 63.4 Å². The molecule has 0 radical (unpaired) electrons. The van der Waals surface area contributed by atoms with Gasteiger partial charge >= 0.3 is 5.97 Å². The van der Waals surface area contributed by atoms with E-state index in [-0.39, 0.29) is 102 Å². The summed E-state index contributed by atoms with van der Waals surface area (Å²) in [5.74, 6) is -1.50. The second-order valence-electron chi connectivity index (χ2n) is 12.0. The Kier molecular flexibility index (Phi) is 29.7. The highest BCUT2D eigenvalue weighted by Gasteiger charge is 2.34. The third-order valence-electron chi connectivity index (χ3n) is 7.30. The molecule has 0 unspecified atom stereocenters. The van der Waals surface area contributed by atoms with Crippen molar-refractivity contribution in [2.45, 2.75) is 69.9 Å². The van der Waals surface area contributed by atoms with Crippen molar-refractivity contribution in [2.24, 2.45) is 0 Å². The van der Waals surface area contributed by atoms with E-state index in [0.717, 1.165) is 5.56 Å². The van der Waals surface area contributed by atoms with Gasteiger partial charge in [0.1, 0.15) is 12.1 Å². The van der Waals surface area contributed by atoms with Crippen molar-refractivity contribution >= 4 is 64.9 Å². The summed E-state index contributed by atoms with van der Waals surface area (Å²) in [4.78, 5) is 70.0. The Balaban J connectivity index is 2.89. The minimum atomic E-state index is -1.27. The van der Waals surface area contributed by atoms with E-state index in [0.29, 0.717) is 58.5 Å². The fourth-order valence-electron chi connectivity index (χ4n) is 4.51. The first-order valence-corrected chi connectivity index (χ1v) is 18.9. The molecule has 53 heavy (non-hydrogen) atoms. The van der Waals surface area contributed by atoms with Crippen LogP contribution in [0.25, 0.3) is 0 Å². The lowest BCUT2D eigenvalue weighted by molar-refractivity contribution is -0.145. The molecule has 19 heteroatoms. The van der Waals surface area contributed by atoms with Gasteiger partial charge in [0.25, 0.3) is 0 Å². The molecule has 0 heterocycles. The van der Waals surface area contributed by atoms with Crippen molar-refractivity contribution < 1.29 is 42.9 Å². The first kappa shape index (κ1) is 48.2. The molecule has 0 fully saturated rings. The molecule has 0 spiro atoms. The van der Waals surface area contributed by atoms with E-state index in [1.54, 1.807) is 0 Å². The monoisotopic (exact) mass is 811 g/mol. The number of halogens is 3. The number of amides is 4. The molecule has 0 aromatic heterocycles. The number of hydrogen-bond acceptors (Lipinski definition) is 12. The van der Waals surface area contributed by atoms with Gasteiger partial charge < -0.3 is 40.2 Å². The van der Waals surface area contributed by atoms with E-state index in [2.05, 4.69) is 35.8 Å². The topological polar surface area (TPSA) is 206 Å². The van der Waals surface area contributed by atoms with Crippen LogP contribution in [0.3, 0.4) is 0 Å². The SMILES string of the molecule is O=C(CCOCC(COCCC(=O)NCCCNCl)(COCCC(=O)NCCCNCl)NC(=O)CCCC(=O)OCc1ccccc1)NCCCNCl. The maximum Gasteiger partial charge on any atom is 0.306 e. The van der Waals surface area contributed by atoms with Crippen LogP contribution in [0.4, 0.5) is 0 Å². The largest absolute Gasteiger partial charge is 0.461 e. The number of carbonyl (C=O) groups excluding carboxylic acids is 5. The van der Waals surface area contributed by atoms with Gasteiger partial charge in [-0.15, -0.1) is 0 Å². The Morgan fingerprint density at radius 2 is 0.962 bits per heavy atom. The number of nitrogens with one attached hydrogen (secondary N) is 7. The third kappa shape index (κ3) is 27.4. The fourth-order valence-corrected chi connectivity index (χ4v) is 4.91. The average Bonchev–Trinajstić information content (AvgIpc) is 3.15. The van der Waals surface area contributed by atoms with Crippen molar-refractivity contribution in [2.75, 3.05) is 78.9 Å². The first-order valence-electron chi connectivity index (χ1n) is 17.8. The summed E-state index contributed by atoms with van der Waals surface area (Å²) < 4.78 is 23.0. The normalized spacial score (nSPS) is 11.2. The molecule has 0 aliphatic heterocycles. The molecule has 0 bridgehead atoms. The van der Waals surface area contributed by atoms with Gasteiger partial charge in [-0.2, -0.15) is 0 Å². The van der Waals surface area contributed by atoms with Gasteiger partial charge in [0, 0.05) is 71.4 Å². The van der Waals surface area contributed by atoms with Gasteiger partial charge in [-0.25, -0.2) is 14.5 Å². The Morgan fingerprint density at radius 1 is 0.528 bits per heavy atom. The van der Waals surface area contributed by atoms with E-state index in [1.165, 1.54) is 0 Å². The predicted molar refractivity (Wildman–Crippen MR) is 202 cm³/mol. The lowest BCUT2D eigenvalue weighted by Gasteiger charge is -2.34. The quantitative estimate of drug-likeness (QED) is 0.0302. The number of hydrogen-bond donors (Lipinski definition) is 7. The minimum absolute atomic E-state index is 0.0130. The second-order valence-corrected chi connectivity index (χ2v) is 12.8. The summed E-state index contributed by atoms with van der Waals surface area (Å²) in [6.45, 7) is 2.81. The Morgan fingerprint density at radius 3 is 1.38 bits per heavy atom. The van der Waals surface area contributed by atoms with Crippen LogP contribution in [0, 0.1) is 0 Å². The molecule has 302 valence electrons. The van der Waals surface area contributed by atoms with Crippen LogP contribution in [0.5, 0.6) is 0 Å². The summed E-state index contributed by atoms with van der Waals surface area (Å²) >= 11 is 16.4. The molecule has 7 N–H and O–H groups in total. The highest BCUT2D eigenvalue weighted by molar-refractivity contribution is 6.13. The Hall–Kier alpha value is -2.80. The molecule has 0 aliphatic rings. The smallest absolute Gasteiger partial charge is 0.306 e. The number of rotatable bonds is 34. The molecular formula is C34H56Cl3N7O9. The van der Waals surface area contributed by atoms with Gasteiger partial charge in [0.05, 0.1) is 39.6 Å². The molecular weight excluding hydrogens is 757 g/mol. The molecule has 1 aromatic carbocycles. The zero-order chi connectivity index (χ0) is 38.8. The van der Waals surface area contributed by atoms with Crippen LogP contribution in [0.2, 0.25) is 0 Å². The highest BCUT2D eigenvalue weighted by Crippen LogP contribution is 2.12. The summed E-state index contributed by atoms with van der Waals surface area (Å²) in [6.07, 6.45) is 2.36. The molecule has 0 saturated heterocycles. The van der Waals surface area contributed by atoms with Crippen LogP contribution in [-0.2, 0) is 49.5 Å². The van der Waals surface area contributed by atoms with Crippen molar-refractivity contribution in [3.8, 4) is 0 Å². The van der Waals surface area contributed by atoms with Gasteiger partial charge in [0.2, 0.25) is 23.6 Å². The predicted octanol–water partition coefficient (Wildman–Crippen LogP) is 1.72. The van der Waals surface area contributed by atoms with Gasteiger partial charge in [-0.05, 0) is 66.6 Å². The fraction of sp³-hybridized carbons (Fsp3) is 0.676. The molecule has 1 aromatic rings. The molecule has 0 aliphatic carbocycles. The number of carbonyl (C=O) groups is 5. The van der Waals surface area contributed by atoms with Crippen molar-refractivity contribution in [1.82, 2.24) is 35.8 Å². The van der Waals surface area contributed by atoms with Crippen LogP contribution in [-0.4, -0.2) is 114 Å². The van der Waals surface area contributed by atoms with E-state index >= 15 is 0 Å². The molecule has 0 saturated carbocycles. The van der Waals surface area contributed by atoms with Crippen LogP contribution >= 0.6 is 35.3 Å². The van der Waals surface area contributed by atoms with Crippen molar-refractivity contribution in [1.29, 1.82) is 0 Å². The summed E-state index contributed by atoms with van der Waals surface area (Å²) in [5.41, 5.74) is -0.412. The van der Waals surface area contributed by atoms with Gasteiger partial charge in [-0.1, -0.05) is 30.3 Å². The Labute approximate surface area is 327 Å². The lowest BCUT2D eigenvalue weighted by atomic mass is 10.0. The average molecular weight is 813 g/mol. The Bertz CT molecular complexity index is 1080. The second kappa shape index (κ2) is 32.6. The molecule has 0 atom stereocenters. The standard InChI is InChI=1S/C34H56Cl3N7O9/c35-41-18-5-15-38-29(45)12-21-50-25-34(26-51-22-13-30(46)39-16-6-19-42-36,27-52-23-14-31(47)40-17-7-20-43-37)44-32(48)10-4-11-33(49)53-24-28-8-2-1-3-9-28/h1-3,8-9,41-43H,4-7,10-27H2,(H,38,45)(H,39,46)(H,40,47)(H,44,48). The van der Waals surface area contributed by atoms with Gasteiger partial charge in [0.15, 0.2) is 0 Å². The van der Waals surface area contributed by atoms with E-state index in [1.807, 2.05) is 30.3 Å². The minimum Gasteiger partial charge on any atom is -0.461 e. The van der Waals surface area contributed by atoms with Crippen LogP contribution < -0.4 is 35.8 Å². The van der Waals surface area contributed by atoms with Crippen molar-refractivity contribution in [3.05, 3.63) is 35.9 Å². The zero-order valence-electron chi connectivity index (χ0n) is 30.3. The molecule has 1 rings (SSSR count). The maximum absolute atomic E-state index is 13.3. The summed E-state index contributed by atoms with van der Waals surface area (Å²) in [5, 5.41) is 11.3. The molecule has 4 amide bonds. The van der Waals surface area contributed by atoms with Crippen molar-refractivity contribution in [3.63, 3.8) is 0 Å². The van der Waals surface area contributed by atoms with Crippen LogP contribution in [0.15, 0.2) is 30.3 Å². The summed E-state index contributed by atoms with van der Waals surface area (Å²) in [7, 11) is 0. The summed E-state index contributed by atoms with van der Waals surface area (Å²) in [6, 6.07) is 9.26. The first-order chi connectivity index (χ1) is 25.7. The number of ether oxygens (including phenoxy) is 4. The lowest BCUT2D eigenvalue weighted by Crippen LogP contribution is -2.58.